The van der Waals surface area contributed by atoms with E-state index in [0.717, 1.165) is 5.56 Å². The third-order valence-electron chi connectivity index (χ3n) is 4.31. The Morgan fingerprint density at radius 3 is 2.77 bits per heavy atom. The highest BCUT2D eigenvalue weighted by molar-refractivity contribution is 6.06. The molecule has 1 N–H and O–H groups in total. The van der Waals surface area contributed by atoms with Crippen molar-refractivity contribution >= 4 is 17.8 Å². The van der Waals surface area contributed by atoms with Crippen LogP contribution in [0.3, 0.4) is 0 Å². The van der Waals surface area contributed by atoms with Gasteiger partial charge in [-0.2, -0.15) is 4.98 Å². The third kappa shape index (κ3) is 1.97. The lowest BCUT2D eigenvalue weighted by Gasteiger charge is -2.18. The van der Waals surface area contributed by atoms with Crippen LogP contribution in [0.25, 0.3) is 11.4 Å². The zero-order valence-corrected chi connectivity index (χ0v) is 11.8. The van der Waals surface area contributed by atoms with Crippen molar-refractivity contribution < 1.29 is 14.1 Å². The predicted octanol–water partition coefficient (Wildman–Crippen LogP) is 0.980. The van der Waals surface area contributed by atoms with Gasteiger partial charge in [0, 0.05) is 25.1 Å². The molecule has 0 saturated carbocycles. The van der Waals surface area contributed by atoms with Gasteiger partial charge >= 0.3 is 6.01 Å². The minimum atomic E-state index is -0.640. The van der Waals surface area contributed by atoms with Crippen LogP contribution >= 0.6 is 0 Å². The minimum absolute atomic E-state index is 0.192. The van der Waals surface area contributed by atoms with Gasteiger partial charge in [0.25, 0.3) is 0 Å². The van der Waals surface area contributed by atoms with Crippen LogP contribution in [-0.4, -0.2) is 35.0 Å². The first kappa shape index (κ1) is 13.0. The highest BCUT2D eigenvalue weighted by Crippen LogP contribution is 2.39. The van der Waals surface area contributed by atoms with Crippen molar-refractivity contribution in [1.82, 2.24) is 15.5 Å². The van der Waals surface area contributed by atoms with Gasteiger partial charge in [-0.25, -0.2) is 0 Å². The topological polar surface area (TPSA) is 88.3 Å². The van der Waals surface area contributed by atoms with Gasteiger partial charge in [-0.15, -0.1) is 0 Å². The van der Waals surface area contributed by atoms with E-state index in [1.807, 2.05) is 35.2 Å². The van der Waals surface area contributed by atoms with E-state index in [0.29, 0.717) is 31.3 Å². The van der Waals surface area contributed by atoms with E-state index in [1.165, 1.54) is 0 Å². The van der Waals surface area contributed by atoms with Crippen LogP contribution in [0.1, 0.15) is 12.8 Å². The number of anilines is 1. The number of nitrogens with zero attached hydrogens (tertiary/aromatic N) is 3. The van der Waals surface area contributed by atoms with Gasteiger partial charge < -0.3 is 9.42 Å². The third-order valence-corrected chi connectivity index (χ3v) is 4.31. The highest BCUT2D eigenvalue weighted by atomic mass is 16.5. The lowest BCUT2D eigenvalue weighted by molar-refractivity contribution is -0.127. The number of imide groups is 1. The number of benzene rings is 1. The number of carbonyl (C=O) groups is 2. The van der Waals surface area contributed by atoms with Gasteiger partial charge in [0.1, 0.15) is 0 Å². The van der Waals surface area contributed by atoms with Crippen LogP contribution in [0, 0.1) is 5.41 Å². The summed E-state index contributed by atoms with van der Waals surface area (Å²) in [6, 6.07) is 9.94. The fourth-order valence-corrected chi connectivity index (χ4v) is 3.10. The summed E-state index contributed by atoms with van der Waals surface area (Å²) in [7, 11) is 0. The number of amides is 2. The molecule has 0 aliphatic carbocycles. The Labute approximate surface area is 126 Å². The Kier molecular flexibility index (Phi) is 2.75. The standard InChI is InChI=1S/C15H14N4O3/c20-11-8-15(13(21)16-11)6-7-19(9-15)14-17-12(18-22-14)10-4-2-1-3-5-10/h1-5H,6-9H2,(H,16,20,21)/t15-/m1/s1. The maximum atomic E-state index is 12.0. The zero-order valence-electron chi connectivity index (χ0n) is 11.8. The van der Waals surface area contributed by atoms with E-state index in [9.17, 15) is 9.59 Å². The van der Waals surface area contributed by atoms with E-state index >= 15 is 0 Å². The maximum absolute atomic E-state index is 12.0. The van der Waals surface area contributed by atoms with Crippen molar-refractivity contribution in [3.05, 3.63) is 30.3 Å². The number of aromatic nitrogens is 2. The van der Waals surface area contributed by atoms with Crippen LogP contribution in [0.4, 0.5) is 6.01 Å². The van der Waals surface area contributed by atoms with Crippen molar-refractivity contribution in [3.8, 4) is 11.4 Å². The molecule has 0 unspecified atom stereocenters. The summed E-state index contributed by atoms with van der Waals surface area (Å²) in [5, 5.41) is 6.37. The second-order valence-electron chi connectivity index (χ2n) is 5.77. The molecule has 2 saturated heterocycles. The van der Waals surface area contributed by atoms with Gasteiger partial charge in [-0.3, -0.25) is 14.9 Å². The molecule has 1 aromatic heterocycles. The first-order valence-corrected chi connectivity index (χ1v) is 7.15. The molecular formula is C15H14N4O3. The molecule has 4 rings (SSSR count). The molecule has 2 amide bonds. The number of carbonyl (C=O) groups excluding carboxylic acids is 2. The van der Waals surface area contributed by atoms with E-state index in [2.05, 4.69) is 15.5 Å². The largest absolute Gasteiger partial charge is 0.324 e. The molecule has 0 radical (unpaired) electrons. The molecule has 22 heavy (non-hydrogen) atoms. The van der Waals surface area contributed by atoms with E-state index in [4.69, 9.17) is 4.52 Å². The van der Waals surface area contributed by atoms with Crippen molar-refractivity contribution in [2.24, 2.45) is 5.41 Å². The Morgan fingerprint density at radius 2 is 2.05 bits per heavy atom. The Morgan fingerprint density at radius 1 is 1.23 bits per heavy atom. The van der Waals surface area contributed by atoms with Crippen molar-refractivity contribution in [2.75, 3.05) is 18.0 Å². The van der Waals surface area contributed by atoms with E-state index in [1.54, 1.807) is 0 Å². The van der Waals surface area contributed by atoms with Crippen molar-refractivity contribution in [1.29, 1.82) is 0 Å². The summed E-state index contributed by atoms with van der Waals surface area (Å²) in [6.45, 7) is 1.05. The van der Waals surface area contributed by atoms with Crippen LogP contribution in [-0.2, 0) is 9.59 Å². The fourth-order valence-electron chi connectivity index (χ4n) is 3.10. The average molecular weight is 298 g/mol. The molecule has 0 bridgehead atoms. The summed E-state index contributed by atoms with van der Waals surface area (Å²) in [6.07, 6.45) is 0.857. The molecular weight excluding hydrogens is 284 g/mol. The van der Waals surface area contributed by atoms with Gasteiger partial charge in [-0.05, 0) is 6.42 Å². The van der Waals surface area contributed by atoms with Crippen LogP contribution < -0.4 is 10.2 Å². The molecule has 2 aliphatic heterocycles. The van der Waals surface area contributed by atoms with Crippen LogP contribution in [0.5, 0.6) is 0 Å². The summed E-state index contributed by atoms with van der Waals surface area (Å²) in [5.41, 5.74) is 0.235. The molecule has 2 aliphatic rings. The molecule has 1 atom stereocenters. The smallest absolute Gasteiger partial charge is 0.323 e. The summed E-state index contributed by atoms with van der Waals surface area (Å²) in [4.78, 5) is 29.7. The molecule has 1 spiro atoms. The van der Waals surface area contributed by atoms with Gasteiger partial charge in [-0.1, -0.05) is 35.5 Å². The second-order valence-corrected chi connectivity index (χ2v) is 5.77. The number of hydrogen-bond donors (Lipinski definition) is 1. The second kappa shape index (κ2) is 4.66. The zero-order chi connectivity index (χ0) is 15.2. The van der Waals surface area contributed by atoms with Crippen molar-refractivity contribution in [2.45, 2.75) is 12.8 Å². The fraction of sp³-hybridized carbons (Fsp3) is 0.333. The van der Waals surface area contributed by atoms with Gasteiger partial charge in [0.05, 0.1) is 5.41 Å². The molecule has 7 heteroatoms. The minimum Gasteiger partial charge on any atom is -0.323 e. The number of rotatable bonds is 2. The Balaban J connectivity index is 1.56. The lowest BCUT2D eigenvalue weighted by atomic mass is 9.85. The lowest BCUT2D eigenvalue weighted by Crippen LogP contribution is -2.34. The van der Waals surface area contributed by atoms with Crippen molar-refractivity contribution in [3.63, 3.8) is 0 Å². The summed E-state index contributed by atoms with van der Waals surface area (Å²) < 4.78 is 5.32. The molecule has 2 aromatic rings. The molecule has 112 valence electrons. The molecule has 7 nitrogen and oxygen atoms in total. The van der Waals surface area contributed by atoms with E-state index in [-0.39, 0.29) is 18.2 Å². The molecule has 1 aromatic carbocycles. The monoisotopic (exact) mass is 298 g/mol. The molecule has 3 heterocycles. The van der Waals surface area contributed by atoms with Crippen LogP contribution in [0.2, 0.25) is 0 Å². The quantitative estimate of drug-likeness (QED) is 0.831. The first-order chi connectivity index (χ1) is 10.7. The summed E-state index contributed by atoms with van der Waals surface area (Å²) >= 11 is 0. The highest BCUT2D eigenvalue weighted by Gasteiger charge is 2.51. The normalized spacial score (nSPS) is 24.3. The van der Waals surface area contributed by atoms with Gasteiger partial charge in [0.2, 0.25) is 17.6 Å². The van der Waals surface area contributed by atoms with E-state index < -0.39 is 5.41 Å². The maximum Gasteiger partial charge on any atom is 0.324 e. The Bertz CT molecular complexity index is 742. The first-order valence-electron chi connectivity index (χ1n) is 7.15. The SMILES string of the molecule is O=C1C[C@@]2(CCN(c3nc(-c4ccccc4)no3)C2)C(=O)N1. The predicted molar refractivity (Wildman–Crippen MR) is 76.8 cm³/mol. The Hall–Kier alpha value is -2.70. The number of nitrogens with one attached hydrogen (secondary N) is 1. The molecule has 2 fully saturated rings. The summed E-state index contributed by atoms with van der Waals surface area (Å²) in [5.74, 6) is 0.119. The average Bonchev–Trinajstić information content (AvgIpc) is 3.20. The van der Waals surface area contributed by atoms with Crippen LogP contribution in [0.15, 0.2) is 34.9 Å². The number of hydrogen-bond acceptors (Lipinski definition) is 6. The van der Waals surface area contributed by atoms with Gasteiger partial charge in [0.15, 0.2) is 0 Å².